The molecule has 0 saturated heterocycles. The number of hydrogen-bond acceptors (Lipinski definition) is 4. The van der Waals surface area contributed by atoms with Crippen LogP contribution in [0.4, 0.5) is 5.69 Å². The number of carbonyl (C=O) groups is 1. The molecule has 1 N–H and O–H groups in total. The number of fused-ring (bicyclic) bond motifs is 1. The summed E-state index contributed by atoms with van der Waals surface area (Å²) in [5, 5.41) is 5.10. The standard InChI is InChI=1S/C24H21NO3S/c1-24(2,3)16-8-6-15(7-9-16)21-14-19(26)18-13-17(10-11-20(18)28-21)25-23(27)22-5-4-12-29-22/h4-14H,1-3H3,(H,25,27). The van der Waals surface area contributed by atoms with Gasteiger partial charge in [0.2, 0.25) is 0 Å². The van der Waals surface area contributed by atoms with E-state index in [-0.39, 0.29) is 16.8 Å². The zero-order chi connectivity index (χ0) is 20.6. The second-order valence-corrected chi connectivity index (χ2v) is 8.89. The quantitative estimate of drug-likeness (QED) is 0.451. The molecule has 0 saturated carbocycles. The molecule has 0 fully saturated rings. The van der Waals surface area contributed by atoms with Crippen molar-refractivity contribution in [3.05, 3.63) is 86.7 Å². The Morgan fingerprint density at radius 3 is 2.41 bits per heavy atom. The summed E-state index contributed by atoms with van der Waals surface area (Å²) in [6, 6.07) is 18.2. The van der Waals surface area contributed by atoms with Crippen molar-refractivity contribution in [1.82, 2.24) is 0 Å². The van der Waals surface area contributed by atoms with E-state index in [1.165, 1.54) is 23.0 Å². The Morgan fingerprint density at radius 1 is 1.00 bits per heavy atom. The fourth-order valence-electron chi connectivity index (χ4n) is 3.11. The van der Waals surface area contributed by atoms with E-state index in [0.717, 1.165) is 5.56 Å². The van der Waals surface area contributed by atoms with E-state index in [4.69, 9.17) is 4.42 Å². The van der Waals surface area contributed by atoms with Crippen LogP contribution in [0, 0.1) is 0 Å². The number of carbonyl (C=O) groups excluding carboxylic acids is 1. The van der Waals surface area contributed by atoms with E-state index in [2.05, 4.69) is 38.2 Å². The van der Waals surface area contributed by atoms with Crippen LogP contribution in [0.2, 0.25) is 0 Å². The molecule has 2 heterocycles. The molecular formula is C24H21NO3S. The molecular weight excluding hydrogens is 382 g/mol. The van der Waals surface area contributed by atoms with Crippen LogP contribution in [-0.2, 0) is 5.41 Å². The van der Waals surface area contributed by atoms with Crippen molar-refractivity contribution in [3.8, 4) is 11.3 Å². The molecule has 4 rings (SSSR count). The Kier molecular flexibility index (Phi) is 4.84. The molecule has 4 aromatic rings. The van der Waals surface area contributed by atoms with Crippen molar-refractivity contribution >= 4 is 33.9 Å². The van der Waals surface area contributed by atoms with Gasteiger partial charge in [-0.15, -0.1) is 11.3 Å². The van der Waals surface area contributed by atoms with Crippen LogP contribution in [0.5, 0.6) is 0 Å². The van der Waals surface area contributed by atoms with Crippen LogP contribution >= 0.6 is 11.3 Å². The van der Waals surface area contributed by atoms with E-state index >= 15 is 0 Å². The molecule has 4 nitrogen and oxygen atoms in total. The van der Waals surface area contributed by atoms with Gasteiger partial charge in [-0.2, -0.15) is 0 Å². The average molecular weight is 404 g/mol. The summed E-state index contributed by atoms with van der Waals surface area (Å²) in [4.78, 5) is 25.5. The smallest absolute Gasteiger partial charge is 0.265 e. The van der Waals surface area contributed by atoms with Gasteiger partial charge < -0.3 is 9.73 Å². The number of anilines is 1. The van der Waals surface area contributed by atoms with Gasteiger partial charge in [0.15, 0.2) is 5.43 Å². The first-order valence-corrected chi connectivity index (χ1v) is 10.2. The Balaban J connectivity index is 1.66. The molecule has 0 unspecified atom stereocenters. The number of benzene rings is 2. The van der Waals surface area contributed by atoms with Crippen molar-refractivity contribution in [2.24, 2.45) is 0 Å². The second-order valence-electron chi connectivity index (χ2n) is 7.94. The Bertz CT molecular complexity index is 1230. The molecule has 0 radical (unpaired) electrons. The Hall–Kier alpha value is -3.18. The van der Waals surface area contributed by atoms with Gasteiger partial charge >= 0.3 is 0 Å². The SMILES string of the molecule is CC(C)(C)c1ccc(-c2cc(=O)c3cc(NC(=O)c4cccs4)ccc3o2)cc1. The second kappa shape index (κ2) is 7.33. The molecule has 0 aliphatic carbocycles. The normalized spacial score (nSPS) is 11.6. The summed E-state index contributed by atoms with van der Waals surface area (Å²) in [6.45, 7) is 6.48. The molecule has 0 aliphatic heterocycles. The fraction of sp³-hybridized carbons (Fsp3) is 0.167. The first-order chi connectivity index (χ1) is 13.8. The predicted molar refractivity (Wildman–Crippen MR) is 119 cm³/mol. The van der Waals surface area contributed by atoms with Crippen molar-refractivity contribution in [2.45, 2.75) is 26.2 Å². The maximum Gasteiger partial charge on any atom is 0.265 e. The number of rotatable bonds is 3. The first-order valence-electron chi connectivity index (χ1n) is 9.35. The van der Waals surface area contributed by atoms with E-state index in [9.17, 15) is 9.59 Å². The maximum atomic E-state index is 12.7. The lowest BCUT2D eigenvalue weighted by Crippen LogP contribution is -2.11. The highest BCUT2D eigenvalue weighted by Gasteiger charge is 2.14. The van der Waals surface area contributed by atoms with Crippen LogP contribution in [0.15, 0.2) is 75.3 Å². The van der Waals surface area contributed by atoms with Crippen LogP contribution in [0.3, 0.4) is 0 Å². The van der Waals surface area contributed by atoms with E-state index in [1.807, 2.05) is 23.6 Å². The van der Waals surface area contributed by atoms with Gasteiger partial charge in [-0.25, -0.2) is 0 Å². The first kappa shape index (κ1) is 19.2. The third kappa shape index (κ3) is 4.00. The maximum absolute atomic E-state index is 12.7. The molecule has 2 aromatic carbocycles. The van der Waals surface area contributed by atoms with Gasteiger partial charge in [0.1, 0.15) is 11.3 Å². The summed E-state index contributed by atoms with van der Waals surface area (Å²) in [5.41, 5.74) is 3.04. The lowest BCUT2D eigenvalue weighted by Gasteiger charge is -2.19. The average Bonchev–Trinajstić information content (AvgIpc) is 3.23. The lowest BCUT2D eigenvalue weighted by atomic mass is 9.86. The lowest BCUT2D eigenvalue weighted by molar-refractivity contribution is 0.103. The Labute approximate surface area is 172 Å². The van der Waals surface area contributed by atoms with Gasteiger partial charge in [-0.3, -0.25) is 9.59 Å². The third-order valence-electron chi connectivity index (χ3n) is 4.77. The zero-order valence-corrected chi connectivity index (χ0v) is 17.3. The van der Waals surface area contributed by atoms with Crippen LogP contribution in [0.25, 0.3) is 22.3 Å². The third-order valence-corrected chi connectivity index (χ3v) is 5.63. The van der Waals surface area contributed by atoms with Crippen molar-refractivity contribution in [3.63, 3.8) is 0 Å². The van der Waals surface area contributed by atoms with Crippen molar-refractivity contribution in [2.75, 3.05) is 5.32 Å². The van der Waals surface area contributed by atoms with Gasteiger partial charge in [0.05, 0.1) is 10.3 Å². The molecule has 5 heteroatoms. The van der Waals surface area contributed by atoms with E-state index < -0.39 is 0 Å². The molecule has 29 heavy (non-hydrogen) atoms. The molecule has 146 valence electrons. The monoisotopic (exact) mass is 403 g/mol. The minimum Gasteiger partial charge on any atom is -0.456 e. The highest BCUT2D eigenvalue weighted by atomic mass is 32.1. The highest BCUT2D eigenvalue weighted by Crippen LogP contribution is 2.28. The van der Waals surface area contributed by atoms with Crippen molar-refractivity contribution < 1.29 is 9.21 Å². The molecule has 1 amide bonds. The fourth-order valence-corrected chi connectivity index (χ4v) is 3.73. The summed E-state index contributed by atoms with van der Waals surface area (Å²) < 4.78 is 5.98. The number of hydrogen-bond donors (Lipinski definition) is 1. The molecule has 0 spiro atoms. The molecule has 0 aliphatic rings. The van der Waals surface area contributed by atoms with Crippen LogP contribution in [0.1, 0.15) is 36.0 Å². The van der Waals surface area contributed by atoms with Crippen LogP contribution < -0.4 is 10.7 Å². The topological polar surface area (TPSA) is 59.3 Å². The van der Waals surface area contributed by atoms with Crippen molar-refractivity contribution in [1.29, 1.82) is 0 Å². The van der Waals surface area contributed by atoms with Gasteiger partial charge in [0, 0.05) is 17.3 Å². The van der Waals surface area contributed by atoms with E-state index in [0.29, 0.717) is 27.3 Å². The number of thiophene rings is 1. The van der Waals surface area contributed by atoms with Gasteiger partial charge in [0.25, 0.3) is 5.91 Å². The molecule has 2 aromatic heterocycles. The predicted octanol–water partition coefficient (Wildman–Crippen LogP) is 6.07. The zero-order valence-electron chi connectivity index (χ0n) is 16.5. The summed E-state index contributed by atoms with van der Waals surface area (Å²) >= 11 is 1.37. The minimum atomic E-state index is -0.195. The molecule has 0 bridgehead atoms. The minimum absolute atomic E-state index is 0.0622. The number of amides is 1. The molecule has 0 atom stereocenters. The van der Waals surface area contributed by atoms with Gasteiger partial charge in [-0.1, -0.05) is 51.1 Å². The summed E-state index contributed by atoms with van der Waals surface area (Å²) in [7, 11) is 0. The summed E-state index contributed by atoms with van der Waals surface area (Å²) in [5.74, 6) is 0.331. The highest BCUT2D eigenvalue weighted by molar-refractivity contribution is 7.12. The van der Waals surface area contributed by atoms with E-state index in [1.54, 1.807) is 24.3 Å². The Morgan fingerprint density at radius 2 is 1.76 bits per heavy atom. The van der Waals surface area contributed by atoms with Crippen LogP contribution in [-0.4, -0.2) is 5.91 Å². The largest absolute Gasteiger partial charge is 0.456 e. The number of nitrogens with one attached hydrogen (secondary N) is 1. The summed E-state index contributed by atoms with van der Waals surface area (Å²) in [6.07, 6.45) is 0. The van der Waals surface area contributed by atoms with Gasteiger partial charge in [-0.05, 0) is 40.6 Å².